The lowest BCUT2D eigenvalue weighted by Gasteiger charge is -2.30. The van der Waals surface area contributed by atoms with Crippen molar-refractivity contribution in [1.82, 2.24) is 45.7 Å². The molecular weight excluding hydrogens is 897 g/mol. The fourth-order valence-electron chi connectivity index (χ4n) is 5.88. The Balaban J connectivity index is 1.15. The Morgan fingerprint density at radius 3 is 2.41 bits per heavy atom. The summed E-state index contributed by atoms with van der Waals surface area (Å²) in [6.45, 7) is 6.03. The summed E-state index contributed by atoms with van der Waals surface area (Å²) in [4.78, 5) is 90.3. The second kappa shape index (κ2) is 22.8. The van der Waals surface area contributed by atoms with Gasteiger partial charge in [-0.25, -0.2) is 28.6 Å². The molecule has 3 amide bonds. The third-order valence-electron chi connectivity index (χ3n) is 9.06. The van der Waals surface area contributed by atoms with Crippen LogP contribution in [0.3, 0.4) is 0 Å². The van der Waals surface area contributed by atoms with E-state index in [1.54, 1.807) is 0 Å². The number of amides is 3. The minimum Gasteiger partial charge on any atom is -0.386 e. The van der Waals surface area contributed by atoms with E-state index < -0.39 is 84.6 Å². The highest BCUT2D eigenvalue weighted by molar-refractivity contribution is 7.99. The molecule has 27 nitrogen and oxygen atoms in total. The van der Waals surface area contributed by atoms with Gasteiger partial charge in [-0.15, -0.1) is 0 Å². The molecule has 0 spiro atoms. The van der Waals surface area contributed by atoms with Gasteiger partial charge < -0.3 is 66.4 Å². The first-order valence-electron chi connectivity index (χ1n) is 18.7. The number of fused-ring (bicyclic) bond motifs is 1. The zero-order valence-electron chi connectivity index (χ0n) is 33.2. The molecule has 4 heterocycles. The molecule has 12 N–H and O–H groups in total. The van der Waals surface area contributed by atoms with Crippen molar-refractivity contribution in [2.24, 2.45) is 5.41 Å². The molecule has 2 saturated heterocycles. The third kappa shape index (κ3) is 16.4. The van der Waals surface area contributed by atoms with Crippen molar-refractivity contribution in [2.75, 3.05) is 82.8 Å². The van der Waals surface area contributed by atoms with Gasteiger partial charge in [0.25, 0.3) is 0 Å². The Labute approximate surface area is 353 Å². The molecule has 0 aliphatic carbocycles. The van der Waals surface area contributed by atoms with Gasteiger partial charge in [0.15, 0.2) is 17.7 Å². The van der Waals surface area contributed by atoms with Crippen LogP contribution in [0.5, 0.6) is 0 Å². The molecule has 2 aliphatic heterocycles. The summed E-state index contributed by atoms with van der Waals surface area (Å²) >= 11 is 1.35. The highest BCUT2D eigenvalue weighted by Gasteiger charge is 2.50. The molecular formula is C30H53N10O17P3S. The molecule has 0 bridgehead atoms. The highest BCUT2D eigenvalue weighted by atomic mass is 32.2. The van der Waals surface area contributed by atoms with E-state index >= 15 is 0 Å². The van der Waals surface area contributed by atoms with Gasteiger partial charge in [0.1, 0.15) is 36.3 Å². The van der Waals surface area contributed by atoms with Crippen LogP contribution in [-0.2, 0) is 50.7 Å². The van der Waals surface area contributed by atoms with Gasteiger partial charge in [-0.05, 0) is 13.0 Å². The fourth-order valence-corrected chi connectivity index (χ4v) is 9.39. The number of nitrogens with two attached hydrogens (primary N) is 1. The number of nitrogens with one attached hydrogen (secondary N) is 4. The summed E-state index contributed by atoms with van der Waals surface area (Å²) in [5.41, 5.74) is 4.27. The first kappa shape index (κ1) is 50.9. The first-order valence-corrected chi connectivity index (χ1v) is 24.4. The van der Waals surface area contributed by atoms with Crippen molar-refractivity contribution in [1.29, 1.82) is 0 Å². The molecule has 31 heteroatoms. The Bertz CT molecular complexity index is 1940. The minimum atomic E-state index is -5.57. The van der Waals surface area contributed by atoms with Crippen molar-refractivity contribution in [3.05, 3.63) is 12.7 Å². The van der Waals surface area contributed by atoms with Crippen LogP contribution in [0.25, 0.3) is 11.2 Å². The van der Waals surface area contributed by atoms with E-state index in [1.165, 1.54) is 25.6 Å². The smallest absolute Gasteiger partial charge is 0.386 e. The number of aromatic nitrogens is 4. The Kier molecular flexibility index (Phi) is 19.0. The maximum Gasteiger partial charge on any atom is 0.481 e. The Morgan fingerprint density at radius 1 is 1.02 bits per heavy atom. The SMILES string of the molecule is CC(C)(COP(=O)(O)OP(=O)(O)OC[C@H]1O[C@@H](n2cnc3c(N)ncnc32)[C@H](O)[C@@H]1OP(=O)(O)O)[C@@H](O)C(=O)NCCC(=O)NCCSCC(=O)NCCCN1CCNCC1. The van der Waals surface area contributed by atoms with Crippen LogP contribution < -0.4 is 27.0 Å². The van der Waals surface area contributed by atoms with Crippen LogP contribution in [0, 0.1) is 5.41 Å². The van der Waals surface area contributed by atoms with Gasteiger partial charge >= 0.3 is 23.5 Å². The molecule has 2 aromatic rings. The van der Waals surface area contributed by atoms with Gasteiger partial charge in [0.05, 0.1) is 25.3 Å². The minimum absolute atomic E-state index is 0.0314. The number of rotatable bonds is 25. The molecule has 0 aromatic carbocycles. The number of ether oxygens (including phenoxy) is 1. The first-order chi connectivity index (χ1) is 28.6. The Morgan fingerprint density at radius 2 is 1.70 bits per heavy atom. The zero-order chi connectivity index (χ0) is 45.0. The van der Waals surface area contributed by atoms with E-state index in [-0.39, 0.29) is 48.2 Å². The molecule has 0 radical (unpaired) electrons. The van der Waals surface area contributed by atoms with E-state index in [1.807, 2.05) is 0 Å². The molecule has 7 atom stereocenters. The molecule has 2 unspecified atom stereocenters. The lowest BCUT2D eigenvalue weighted by molar-refractivity contribution is -0.137. The Hall–Kier alpha value is -2.72. The maximum absolute atomic E-state index is 12.7. The average Bonchev–Trinajstić information content (AvgIpc) is 3.74. The summed E-state index contributed by atoms with van der Waals surface area (Å²) in [5.74, 6) is -0.795. The normalized spacial score (nSPS) is 22.6. The van der Waals surface area contributed by atoms with E-state index in [2.05, 4.69) is 50.0 Å². The van der Waals surface area contributed by atoms with Crippen molar-refractivity contribution >= 4 is 69.9 Å². The van der Waals surface area contributed by atoms with Crippen LogP contribution in [0.15, 0.2) is 12.7 Å². The van der Waals surface area contributed by atoms with Crippen LogP contribution in [0.4, 0.5) is 5.82 Å². The number of phosphoric acid groups is 3. The number of hydrogen-bond donors (Lipinski definition) is 11. The van der Waals surface area contributed by atoms with Gasteiger partial charge in [0, 0.05) is 63.4 Å². The summed E-state index contributed by atoms with van der Waals surface area (Å²) < 4.78 is 62.3. The van der Waals surface area contributed by atoms with Crippen LogP contribution in [-0.4, -0.2) is 173 Å². The average molecular weight is 951 g/mol. The second-order valence-corrected chi connectivity index (χ2v) is 19.8. The van der Waals surface area contributed by atoms with Gasteiger partial charge in [-0.2, -0.15) is 16.1 Å². The van der Waals surface area contributed by atoms with Crippen molar-refractivity contribution < 1.29 is 80.5 Å². The number of piperazine rings is 1. The number of carbonyl (C=O) groups is 3. The number of aliphatic hydroxyl groups excluding tert-OH is 2. The molecule has 346 valence electrons. The van der Waals surface area contributed by atoms with Gasteiger partial charge in [-0.3, -0.25) is 32.5 Å². The van der Waals surface area contributed by atoms with Gasteiger partial charge in [-0.1, -0.05) is 13.8 Å². The predicted octanol–water partition coefficient (Wildman–Crippen LogP) is -2.45. The van der Waals surface area contributed by atoms with Crippen LogP contribution in [0.1, 0.15) is 32.9 Å². The number of nitrogen functional groups attached to an aromatic ring is 1. The number of carbonyl (C=O) groups excluding carboxylic acids is 3. The fraction of sp³-hybridized carbons (Fsp3) is 0.733. The van der Waals surface area contributed by atoms with Crippen LogP contribution in [0.2, 0.25) is 0 Å². The predicted molar refractivity (Wildman–Crippen MR) is 214 cm³/mol. The summed E-state index contributed by atoms with van der Waals surface area (Å²) in [6, 6.07) is 0. The largest absolute Gasteiger partial charge is 0.481 e. The van der Waals surface area contributed by atoms with E-state index in [0.29, 0.717) is 12.3 Å². The number of anilines is 1. The van der Waals surface area contributed by atoms with Crippen molar-refractivity contribution in [3.8, 4) is 0 Å². The topological polar surface area (TPSA) is 391 Å². The number of imidazole rings is 1. The number of phosphoric ester groups is 3. The van der Waals surface area contributed by atoms with Crippen molar-refractivity contribution in [2.45, 2.75) is 57.3 Å². The zero-order valence-corrected chi connectivity index (χ0v) is 36.7. The van der Waals surface area contributed by atoms with Crippen LogP contribution >= 0.6 is 35.2 Å². The number of hydrogen-bond acceptors (Lipinski definition) is 20. The van der Waals surface area contributed by atoms with Crippen molar-refractivity contribution in [3.63, 3.8) is 0 Å². The van der Waals surface area contributed by atoms with E-state index in [9.17, 15) is 57.9 Å². The monoisotopic (exact) mass is 950 g/mol. The quantitative estimate of drug-likeness (QED) is 0.0363. The molecule has 2 aliphatic rings. The van der Waals surface area contributed by atoms with E-state index in [4.69, 9.17) is 19.5 Å². The third-order valence-corrected chi connectivity index (χ3v) is 13.1. The van der Waals surface area contributed by atoms with Gasteiger partial charge in [0.2, 0.25) is 17.7 Å². The molecule has 4 rings (SSSR count). The number of nitrogens with zero attached hydrogens (tertiary/aromatic N) is 5. The maximum atomic E-state index is 12.7. The van der Waals surface area contributed by atoms with E-state index in [0.717, 1.165) is 56.4 Å². The number of thioether (sulfide) groups is 1. The molecule has 2 aromatic heterocycles. The standard InChI is InChI=1S/C30H53N10O17P3S/c1-30(2,25(44)28(45)35-6-4-20(41)34-9-13-61-15-21(42)33-5-3-10-39-11-7-32-8-12-39)16-54-60(51,52)57-59(49,50)53-14-19-24(56-58(46,47)48)23(43)29(55-19)40-18-38-22-26(31)36-17-37-27(22)40/h17-19,23-25,29,32,43-44H,3-16H2,1-2H3,(H,33,42)(H,34,41)(H,35,45)(H,49,50)(H,51,52)(H2,31,36,37)(H2,46,47,48)/t19-,23-,24-,25+,29-/m1/s1. The second-order valence-electron chi connectivity index (χ2n) is 14.4. The molecule has 0 saturated carbocycles. The number of aliphatic hydroxyl groups is 2. The highest BCUT2D eigenvalue weighted by Crippen LogP contribution is 2.61. The lowest BCUT2D eigenvalue weighted by atomic mass is 9.87. The molecule has 61 heavy (non-hydrogen) atoms. The lowest BCUT2D eigenvalue weighted by Crippen LogP contribution is -2.46. The summed E-state index contributed by atoms with van der Waals surface area (Å²) in [5, 5.41) is 32.7. The summed E-state index contributed by atoms with van der Waals surface area (Å²) in [7, 11) is -16.4. The summed E-state index contributed by atoms with van der Waals surface area (Å²) in [6.07, 6.45) is -6.03. The molecule has 2 fully saturated rings.